The van der Waals surface area contributed by atoms with Crippen molar-refractivity contribution < 1.29 is 9.47 Å². The number of benzene rings is 1. The van der Waals surface area contributed by atoms with Crippen molar-refractivity contribution in [2.75, 3.05) is 33.4 Å². The summed E-state index contributed by atoms with van der Waals surface area (Å²) in [6.45, 7) is 9.96. The first-order valence-corrected chi connectivity index (χ1v) is 9.91. The quantitative estimate of drug-likeness (QED) is 0.207. The minimum absolute atomic E-state index is 0. The number of hydrogen-bond acceptors (Lipinski definition) is 4. The van der Waals surface area contributed by atoms with Crippen molar-refractivity contribution in [3.8, 4) is 11.4 Å². The highest BCUT2D eigenvalue weighted by molar-refractivity contribution is 14.0. The molecule has 7 nitrogen and oxygen atoms in total. The Bertz CT molecular complexity index is 716. The zero-order valence-corrected chi connectivity index (χ0v) is 20.2. The van der Waals surface area contributed by atoms with Gasteiger partial charge in [0.15, 0.2) is 5.96 Å². The summed E-state index contributed by atoms with van der Waals surface area (Å²) in [5.41, 5.74) is 1.89. The van der Waals surface area contributed by atoms with Gasteiger partial charge in [0.1, 0.15) is 5.75 Å². The molecule has 0 saturated heterocycles. The Morgan fingerprint density at radius 1 is 1.14 bits per heavy atom. The first-order chi connectivity index (χ1) is 13.6. The average molecular weight is 515 g/mol. The highest BCUT2D eigenvalue weighted by Gasteiger charge is 2.03. The Hall–Kier alpha value is -1.81. The van der Waals surface area contributed by atoms with Crippen molar-refractivity contribution >= 4 is 29.9 Å². The van der Waals surface area contributed by atoms with Crippen LogP contribution in [0.4, 0.5) is 0 Å². The van der Waals surface area contributed by atoms with E-state index in [0.717, 1.165) is 49.2 Å². The number of hydrogen-bond donors (Lipinski definition) is 2. The Balaban J connectivity index is 0.00000420. The van der Waals surface area contributed by atoms with Crippen LogP contribution in [0.15, 0.2) is 41.5 Å². The second-order valence-corrected chi connectivity index (χ2v) is 6.87. The monoisotopic (exact) mass is 515 g/mol. The molecule has 0 fully saturated rings. The molecule has 0 aliphatic rings. The van der Waals surface area contributed by atoms with Gasteiger partial charge in [0.25, 0.3) is 0 Å². The summed E-state index contributed by atoms with van der Waals surface area (Å²) < 4.78 is 12.7. The average Bonchev–Trinajstić information content (AvgIpc) is 3.17. The predicted octanol–water partition coefficient (Wildman–Crippen LogP) is 3.62. The van der Waals surface area contributed by atoms with Crippen LogP contribution in [0.5, 0.6) is 5.75 Å². The smallest absolute Gasteiger partial charge is 0.191 e. The minimum atomic E-state index is 0. The summed E-state index contributed by atoms with van der Waals surface area (Å²) in [6.07, 6.45) is 3.03. The van der Waals surface area contributed by atoms with Crippen molar-refractivity contribution in [3.63, 3.8) is 0 Å². The van der Waals surface area contributed by atoms with E-state index >= 15 is 0 Å². The van der Waals surface area contributed by atoms with Crippen LogP contribution in [0.25, 0.3) is 5.69 Å². The summed E-state index contributed by atoms with van der Waals surface area (Å²) in [5.74, 6) is 2.27. The predicted molar refractivity (Wildman–Crippen MR) is 129 cm³/mol. The number of nitrogens with zero attached hydrogens (tertiary/aromatic N) is 3. The molecule has 1 aromatic carbocycles. The largest absolute Gasteiger partial charge is 0.497 e. The molecule has 1 aromatic heterocycles. The molecule has 29 heavy (non-hydrogen) atoms. The molecule has 0 aliphatic heterocycles. The Morgan fingerprint density at radius 3 is 2.55 bits per heavy atom. The van der Waals surface area contributed by atoms with Crippen LogP contribution in [-0.4, -0.2) is 49.2 Å². The number of rotatable bonds is 11. The Kier molecular flexibility index (Phi) is 12.4. The number of nitrogens with one attached hydrogen (secondary N) is 2. The molecule has 162 valence electrons. The molecule has 0 saturated carbocycles. The molecular weight excluding hydrogens is 481 g/mol. The summed E-state index contributed by atoms with van der Waals surface area (Å²) in [4.78, 5) is 4.61. The lowest BCUT2D eigenvalue weighted by Crippen LogP contribution is -2.39. The van der Waals surface area contributed by atoms with E-state index in [-0.39, 0.29) is 24.0 Å². The third-order valence-electron chi connectivity index (χ3n) is 4.10. The lowest BCUT2D eigenvalue weighted by atomic mass is 10.1. The van der Waals surface area contributed by atoms with Crippen LogP contribution in [0, 0.1) is 5.92 Å². The fourth-order valence-corrected chi connectivity index (χ4v) is 2.49. The molecule has 2 rings (SSSR count). The van der Waals surface area contributed by atoms with E-state index in [2.05, 4.69) is 41.5 Å². The molecule has 0 aliphatic carbocycles. The van der Waals surface area contributed by atoms with E-state index in [1.807, 2.05) is 41.2 Å². The van der Waals surface area contributed by atoms with Gasteiger partial charge in [-0.3, -0.25) is 0 Å². The van der Waals surface area contributed by atoms with Gasteiger partial charge in [0.2, 0.25) is 0 Å². The van der Waals surface area contributed by atoms with Crippen LogP contribution in [-0.2, 0) is 11.3 Å². The second kappa shape index (κ2) is 14.2. The van der Waals surface area contributed by atoms with Crippen molar-refractivity contribution in [2.24, 2.45) is 10.9 Å². The lowest BCUT2D eigenvalue weighted by Gasteiger charge is -2.11. The van der Waals surface area contributed by atoms with Gasteiger partial charge in [0.05, 0.1) is 31.6 Å². The third-order valence-corrected chi connectivity index (χ3v) is 4.10. The molecule has 8 heteroatoms. The van der Waals surface area contributed by atoms with Gasteiger partial charge in [-0.2, -0.15) is 5.10 Å². The molecule has 0 unspecified atom stereocenters. The normalized spacial score (nSPS) is 11.3. The van der Waals surface area contributed by atoms with Crippen LogP contribution < -0.4 is 15.4 Å². The number of guanidine groups is 1. The van der Waals surface area contributed by atoms with Gasteiger partial charge in [-0.1, -0.05) is 13.8 Å². The van der Waals surface area contributed by atoms with Gasteiger partial charge in [-0.15, -0.1) is 24.0 Å². The fourth-order valence-electron chi connectivity index (χ4n) is 2.49. The van der Waals surface area contributed by atoms with Crippen LogP contribution in [0.1, 0.15) is 32.9 Å². The summed E-state index contributed by atoms with van der Waals surface area (Å²) in [6, 6.07) is 9.77. The molecule has 0 atom stereocenters. The van der Waals surface area contributed by atoms with Crippen LogP contribution in [0.3, 0.4) is 0 Å². The molecule has 1 heterocycles. The van der Waals surface area contributed by atoms with E-state index in [1.165, 1.54) is 0 Å². The Morgan fingerprint density at radius 2 is 1.90 bits per heavy atom. The van der Waals surface area contributed by atoms with E-state index in [9.17, 15) is 0 Å². The maximum Gasteiger partial charge on any atom is 0.191 e. The molecular formula is C21H34IN5O2. The number of aliphatic imine (C=N–C) groups is 1. The van der Waals surface area contributed by atoms with E-state index in [1.54, 1.807) is 7.11 Å². The highest BCUT2D eigenvalue weighted by Crippen LogP contribution is 2.14. The standard InChI is InChI=1S/C21H33N5O2.HI/c1-5-22-21(23-12-15-28-14-11-17(2)3)24-16-18-10-13-26(25-18)19-6-8-20(27-4)9-7-19;/h6-10,13,17H,5,11-12,14-16H2,1-4H3,(H2,22,23,24);1H. The van der Waals surface area contributed by atoms with E-state index in [4.69, 9.17) is 9.47 Å². The minimum Gasteiger partial charge on any atom is -0.497 e. The van der Waals surface area contributed by atoms with Gasteiger partial charge < -0.3 is 20.1 Å². The summed E-state index contributed by atoms with van der Waals surface area (Å²) >= 11 is 0. The van der Waals surface area contributed by atoms with Crippen LogP contribution in [0.2, 0.25) is 0 Å². The second-order valence-electron chi connectivity index (χ2n) is 6.87. The number of ether oxygens (including phenoxy) is 2. The molecule has 0 radical (unpaired) electrons. The van der Waals surface area contributed by atoms with Gasteiger partial charge in [-0.05, 0) is 49.6 Å². The first-order valence-electron chi connectivity index (χ1n) is 9.91. The zero-order chi connectivity index (χ0) is 20.2. The summed E-state index contributed by atoms with van der Waals surface area (Å²) in [5, 5.41) is 11.1. The SMILES string of the molecule is CCNC(=NCc1ccn(-c2ccc(OC)cc2)n1)NCCOCCC(C)C.I. The van der Waals surface area contributed by atoms with Crippen molar-refractivity contribution in [2.45, 2.75) is 33.7 Å². The molecule has 2 N–H and O–H groups in total. The molecule has 2 aromatic rings. The lowest BCUT2D eigenvalue weighted by molar-refractivity contribution is 0.128. The fraction of sp³-hybridized carbons (Fsp3) is 0.524. The molecule has 0 amide bonds. The molecule has 0 bridgehead atoms. The van der Waals surface area contributed by atoms with Gasteiger partial charge in [-0.25, -0.2) is 9.67 Å². The number of halogens is 1. The highest BCUT2D eigenvalue weighted by atomic mass is 127. The zero-order valence-electron chi connectivity index (χ0n) is 17.9. The first kappa shape index (κ1) is 25.2. The van der Waals surface area contributed by atoms with Gasteiger partial charge >= 0.3 is 0 Å². The van der Waals surface area contributed by atoms with Crippen LogP contribution >= 0.6 is 24.0 Å². The topological polar surface area (TPSA) is 72.7 Å². The summed E-state index contributed by atoms with van der Waals surface area (Å²) in [7, 11) is 1.66. The van der Waals surface area contributed by atoms with Gasteiger partial charge in [0, 0.05) is 25.9 Å². The molecule has 0 spiro atoms. The Labute approximate surface area is 191 Å². The van der Waals surface area contributed by atoms with Crippen molar-refractivity contribution in [1.29, 1.82) is 0 Å². The van der Waals surface area contributed by atoms with Crippen molar-refractivity contribution in [1.82, 2.24) is 20.4 Å². The maximum atomic E-state index is 5.63. The number of aromatic nitrogens is 2. The maximum absolute atomic E-state index is 5.63. The third kappa shape index (κ3) is 9.49. The number of methoxy groups -OCH3 is 1. The van der Waals surface area contributed by atoms with E-state index in [0.29, 0.717) is 19.1 Å². The van der Waals surface area contributed by atoms with Crippen molar-refractivity contribution in [3.05, 3.63) is 42.2 Å². The van der Waals surface area contributed by atoms with E-state index < -0.39 is 0 Å².